The van der Waals surface area contributed by atoms with Crippen LogP contribution in [0.1, 0.15) is 20.3 Å². The topological polar surface area (TPSA) is 84.3 Å². The number of methoxy groups -OCH3 is 1. The van der Waals surface area contributed by atoms with Crippen LogP contribution in [0.15, 0.2) is 35.5 Å². The van der Waals surface area contributed by atoms with E-state index in [-0.39, 0.29) is 18.0 Å². The lowest BCUT2D eigenvalue weighted by molar-refractivity contribution is -0.896. The zero-order chi connectivity index (χ0) is 20.8. The molecule has 0 radical (unpaired) electrons. The van der Waals surface area contributed by atoms with Gasteiger partial charge in [0.25, 0.3) is 0 Å². The average molecular weight is 404 g/mol. The fraction of sp³-hybridized carbons (Fsp3) is 0.524. The predicted molar refractivity (Wildman–Crippen MR) is 110 cm³/mol. The smallest absolute Gasteiger partial charge is 0.338 e. The van der Waals surface area contributed by atoms with Crippen molar-refractivity contribution in [2.45, 2.75) is 26.3 Å². The molecular formula is C21H31N4O4+. The normalized spacial score (nSPS) is 20.2. The quantitative estimate of drug-likeness (QED) is 0.571. The van der Waals surface area contributed by atoms with E-state index in [1.807, 2.05) is 25.1 Å². The molecule has 0 spiro atoms. The number of esters is 1. The Balaban J connectivity index is 1.69. The van der Waals surface area contributed by atoms with E-state index in [2.05, 4.69) is 21.6 Å². The number of anilines is 1. The van der Waals surface area contributed by atoms with Crippen LogP contribution >= 0.6 is 0 Å². The zero-order valence-corrected chi connectivity index (χ0v) is 17.4. The average Bonchev–Trinajstić information content (AvgIpc) is 2.74. The minimum atomic E-state index is -0.351. The van der Waals surface area contributed by atoms with Crippen LogP contribution in [0.2, 0.25) is 0 Å². The van der Waals surface area contributed by atoms with Crippen molar-refractivity contribution in [3.8, 4) is 5.75 Å². The Bertz CT molecular complexity index is 772. The number of carbonyl (C=O) groups excluding carboxylic acids is 2. The molecule has 1 aromatic carbocycles. The zero-order valence-electron chi connectivity index (χ0n) is 17.4. The maximum absolute atomic E-state index is 12.5. The Labute approximate surface area is 171 Å². The van der Waals surface area contributed by atoms with Crippen LogP contribution in [0.4, 0.5) is 10.5 Å². The second-order valence-electron chi connectivity index (χ2n) is 7.29. The summed E-state index contributed by atoms with van der Waals surface area (Å²) in [6.45, 7) is 8.27. The summed E-state index contributed by atoms with van der Waals surface area (Å²) in [7, 11) is 1.67. The lowest BCUT2D eigenvalue weighted by Gasteiger charge is -2.35. The summed E-state index contributed by atoms with van der Waals surface area (Å²) in [4.78, 5) is 28.3. The predicted octanol–water partition coefficient (Wildman–Crippen LogP) is 0.309. The molecule has 3 N–H and O–H groups in total. The van der Waals surface area contributed by atoms with Crippen molar-refractivity contribution in [2.75, 3.05) is 51.3 Å². The SMILES string of the molecule is CCOC(=O)C1=C(C[NH+]2CCN(c3cccc(OC)c3)CC2)NC(=O)N[C@H]1CC. The number of ether oxygens (including phenoxy) is 2. The number of hydrogen-bond acceptors (Lipinski definition) is 5. The highest BCUT2D eigenvalue weighted by atomic mass is 16.5. The molecule has 2 amide bonds. The molecule has 29 heavy (non-hydrogen) atoms. The summed E-state index contributed by atoms with van der Waals surface area (Å²) < 4.78 is 10.6. The first-order valence-corrected chi connectivity index (χ1v) is 10.3. The molecular weight excluding hydrogens is 372 g/mol. The molecule has 0 aliphatic carbocycles. The molecule has 0 saturated carbocycles. The Hall–Kier alpha value is -2.74. The molecule has 158 valence electrons. The van der Waals surface area contributed by atoms with Gasteiger partial charge in [0.2, 0.25) is 0 Å². The third-order valence-corrected chi connectivity index (χ3v) is 5.46. The highest BCUT2D eigenvalue weighted by Gasteiger charge is 2.34. The van der Waals surface area contributed by atoms with Crippen molar-refractivity contribution >= 4 is 17.7 Å². The van der Waals surface area contributed by atoms with Crippen molar-refractivity contribution in [1.29, 1.82) is 0 Å². The van der Waals surface area contributed by atoms with Crippen molar-refractivity contribution in [1.82, 2.24) is 10.6 Å². The van der Waals surface area contributed by atoms with E-state index in [0.717, 1.165) is 37.6 Å². The van der Waals surface area contributed by atoms with Crippen molar-refractivity contribution in [2.24, 2.45) is 0 Å². The number of urea groups is 1. The van der Waals surface area contributed by atoms with Gasteiger partial charge in [-0.15, -0.1) is 0 Å². The minimum absolute atomic E-state index is 0.255. The first-order valence-electron chi connectivity index (χ1n) is 10.3. The summed E-state index contributed by atoms with van der Waals surface area (Å²) in [6.07, 6.45) is 0.643. The van der Waals surface area contributed by atoms with Crippen molar-refractivity contribution in [3.05, 3.63) is 35.5 Å². The number of carbonyl (C=O) groups is 2. The standard InChI is InChI=1S/C21H30N4O4/c1-4-17-19(20(26)29-5-2)18(23-21(27)22-17)14-24-9-11-25(12-10-24)15-7-6-8-16(13-15)28-3/h6-8,13,17H,4-5,9-12,14H2,1-3H3,(H2,22,23,27)/p+1/t17-/m0/s1. The number of piperazine rings is 1. The third-order valence-electron chi connectivity index (χ3n) is 5.46. The lowest BCUT2D eigenvalue weighted by atomic mass is 10.00. The fourth-order valence-corrected chi connectivity index (χ4v) is 3.92. The summed E-state index contributed by atoms with van der Waals surface area (Å²) in [5.41, 5.74) is 2.39. The number of benzene rings is 1. The summed E-state index contributed by atoms with van der Waals surface area (Å²) in [6, 6.07) is 7.51. The highest BCUT2D eigenvalue weighted by Crippen LogP contribution is 2.21. The van der Waals surface area contributed by atoms with Gasteiger partial charge >= 0.3 is 12.0 Å². The Morgan fingerprint density at radius 1 is 1.28 bits per heavy atom. The van der Waals surface area contributed by atoms with Crippen LogP contribution in [-0.4, -0.2) is 64.5 Å². The molecule has 1 saturated heterocycles. The second kappa shape index (κ2) is 9.65. The van der Waals surface area contributed by atoms with Gasteiger partial charge in [-0.2, -0.15) is 0 Å². The van der Waals surface area contributed by atoms with Gasteiger partial charge in [0, 0.05) is 11.8 Å². The van der Waals surface area contributed by atoms with Crippen LogP contribution < -0.4 is 25.2 Å². The van der Waals surface area contributed by atoms with E-state index < -0.39 is 0 Å². The van der Waals surface area contributed by atoms with Gasteiger partial charge in [0.1, 0.15) is 12.3 Å². The minimum Gasteiger partial charge on any atom is -0.497 e. The summed E-state index contributed by atoms with van der Waals surface area (Å²) in [5.74, 6) is 0.501. The van der Waals surface area contributed by atoms with Crippen molar-refractivity contribution in [3.63, 3.8) is 0 Å². The van der Waals surface area contributed by atoms with Gasteiger partial charge in [-0.05, 0) is 25.5 Å². The number of rotatable bonds is 7. The largest absolute Gasteiger partial charge is 0.497 e. The number of nitrogens with zero attached hydrogens (tertiary/aromatic N) is 1. The second-order valence-corrected chi connectivity index (χ2v) is 7.29. The Morgan fingerprint density at radius 2 is 2.03 bits per heavy atom. The van der Waals surface area contributed by atoms with Gasteiger partial charge in [0.05, 0.1) is 57.2 Å². The Kier molecular flexibility index (Phi) is 6.98. The molecule has 1 atom stereocenters. The molecule has 0 bridgehead atoms. The molecule has 2 aliphatic heterocycles. The fourth-order valence-electron chi connectivity index (χ4n) is 3.92. The van der Waals surface area contributed by atoms with Gasteiger partial charge in [-0.25, -0.2) is 9.59 Å². The number of hydrogen-bond donors (Lipinski definition) is 3. The lowest BCUT2D eigenvalue weighted by Crippen LogP contribution is -3.15. The molecule has 0 aromatic heterocycles. The monoisotopic (exact) mass is 403 g/mol. The van der Waals surface area contributed by atoms with Gasteiger partial charge in [-0.1, -0.05) is 13.0 Å². The van der Waals surface area contributed by atoms with E-state index in [1.54, 1.807) is 14.0 Å². The molecule has 8 heteroatoms. The van der Waals surface area contributed by atoms with Gasteiger partial charge < -0.3 is 29.9 Å². The van der Waals surface area contributed by atoms with Crippen molar-refractivity contribution < 1.29 is 24.0 Å². The van der Waals surface area contributed by atoms with E-state index >= 15 is 0 Å². The number of amides is 2. The van der Waals surface area contributed by atoms with E-state index in [1.165, 1.54) is 4.90 Å². The van der Waals surface area contributed by atoms with Crippen LogP contribution in [0, 0.1) is 0 Å². The van der Waals surface area contributed by atoms with Gasteiger partial charge in [0.15, 0.2) is 0 Å². The Morgan fingerprint density at radius 3 is 2.69 bits per heavy atom. The molecule has 3 rings (SSSR count). The van der Waals surface area contributed by atoms with Crippen LogP contribution in [0.5, 0.6) is 5.75 Å². The van der Waals surface area contributed by atoms with Gasteiger partial charge in [-0.3, -0.25) is 0 Å². The molecule has 0 unspecified atom stereocenters. The maximum Gasteiger partial charge on any atom is 0.338 e. The number of quaternary nitrogens is 1. The van der Waals surface area contributed by atoms with Crippen LogP contribution in [0.3, 0.4) is 0 Å². The molecule has 2 aliphatic rings. The van der Waals surface area contributed by atoms with Crippen LogP contribution in [0.25, 0.3) is 0 Å². The molecule has 8 nitrogen and oxygen atoms in total. The third kappa shape index (κ3) is 5.00. The first kappa shape index (κ1) is 21.0. The van der Waals surface area contributed by atoms with E-state index in [4.69, 9.17) is 9.47 Å². The molecule has 1 fully saturated rings. The van der Waals surface area contributed by atoms with Crippen LogP contribution in [-0.2, 0) is 9.53 Å². The van der Waals surface area contributed by atoms with E-state index in [0.29, 0.717) is 30.8 Å². The summed E-state index contributed by atoms with van der Waals surface area (Å²) >= 11 is 0. The first-order chi connectivity index (χ1) is 14.0. The van der Waals surface area contributed by atoms with E-state index in [9.17, 15) is 9.59 Å². The highest BCUT2D eigenvalue weighted by molar-refractivity contribution is 5.94. The maximum atomic E-state index is 12.5. The summed E-state index contributed by atoms with van der Waals surface area (Å²) in [5, 5.41) is 5.68. The molecule has 2 heterocycles. The molecule has 1 aromatic rings. The number of nitrogens with one attached hydrogen (secondary N) is 3.